The highest BCUT2D eigenvalue weighted by molar-refractivity contribution is 9.11. The fourth-order valence-corrected chi connectivity index (χ4v) is 0.853. The van der Waals surface area contributed by atoms with Crippen LogP contribution >= 0.6 is 15.9 Å². The summed E-state index contributed by atoms with van der Waals surface area (Å²) in [5, 5.41) is 0. The summed E-state index contributed by atoms with van der Waals surface area (Å²) < 4.78 is 0. The second kappa shape index (κ2) is 3.51. The quantitative estimate of drug-likeness (QED) is 0.730. The van der Waals surface area contributed by atoms with E-state index in [2.05, 4.69) is 27.0 Å². The fourth-order valence-electron chi connectivity index (χ4n) is 0.666. The van der Waals surface area contributed by atoms with Crippen molar-refractivity contribution in [3.05, 3.63) is 35.1 Å². The number of rotatable bonds is 2. The van der Waals surface area contributed by atoms with Crippen molar-refractivity contribution in [2.24, 2.45) is 0 Å². The van der Waals surface area contributed by atoms with Crippen LogP contribution in [0.1, 0.15) is 5.69 Å². The molecule has 1 nitrogen and oxygen atoms in total. The Bertz CT molecular complexity index is 177. The zero-order valence-electron chi connectivity index (χ0n) is 4.97. The van der Waals surface area contributed by atoms with Crippen LogP contribution in [-0.4, -0.2) is 4.98 Å². The van der Waals surface area contributed by atoms with Crippen LogP contribution in [0.4, 0.5) is 0 Å². The third-order valence-corrected chi connectivity index (χ3v) is 1.46. The molecule has 0 amide bonds. The molecule has 0 aliphatic heterocycles. The molecule has 0 fully saturated rings. The van der Waals surface area contributed by atoms with E-state index in [0.29, 0.717) is 0 Å². The standard InChI is InChI=1S/C7H8BrN/c8-5-1-3-7-4-2-6-9-7/h1-2,4-6,9H,3H2. The second-order valence-corrected chi connectivity index (χ2v) is 2.29. The van der Waals surface area contributed by atoms with Gasteiger partial charge in [-0.25, -0.2) is 0 Å². The Morgan fingerprint density at radius 3 is 3.11 bits per heavy atom. The van der Waals surface area contributed by atoms with Crippen molar-refractivity contribution in [1.82, 2.24) is 4.98 Å². The maximum atomic E-state index is 3.20. The SMILES string of the molecule is BrC=CCc1ccc[nH]1. The van der Waals surface area contributed by atoms with Crippen LogP contribution in [0.5, 0.6) is 0 Å². The average molecular weight is 186 g/mol. The lowest BCUT2D eigenvalue weighted by Gasteiger charge is -1.84. The third kappa shape index (κ3) is 2.06. The predicted octanol–water partition coefficient (Wildman–Crippen LogP) is 2.47. The summed E-state index contributed by atoms with van der Waals surface area (Å²) in [4.78, 5) is 4.97. The van der Waals surface area contributed by atoms with Crippen molar-refractivity contribution >= 4 is 15.9 Å². The smallest absolute Gasteiger partial charge is 0.0185 e. The van der Waals surface area contributed by atoms with Crippen LogP contribution in [0, 0.1) is 0 Å². The number of H-pyrrole nitrogens is 1. The molecule has 2 heteroatoms. The van der Waals surface area contributed by atoms with E-state index in [0.717, 1.165) is 6.42 Å². The molecule has 0 aliphatic rings. The Labute approximate surface area is 62.9 Å². The second-order valence-electron chi connectivity index (χ2n) is 1.76. The van der Waals surface area contributed by atoms with Gasteiger partial charge in [0.15, 0.2) is 0 Å². The number of nitrogens with one attached hydrogen (secondary N) is 1. The van der Waals surface area contributed by atoms with E-state index in [1.807, 2.05) is 23.3 Å². The van der Waals surface area contributed by atoms with Crippen molar-refractivity contribution in [3.8, 4) is 0 Å². The Morgan fingerprint density at radius 1 is 1.67 bits per heavy atom. The molecular formula is C7H8BrN. The summed E-state index contributed by atoms with van der Waals surface area (Å²) >= 11 is 3.20. The van der Waals surface area contributed by atoms with Crippen molar-refractivity contribution in [2.75, 3.05) is 0 Å². The molecule has 0 unspecified atom stereocenters. The minimum atomic E-state index is 0.970. The first kappa shape index (κ1) is 6.62. The zero-order valence-corrected chi connectivity index (χ0v) is 6.56. The molecule has 0 saturated heterocycles. The summed E-state index contributed by atoms with van der Waals surface area (Å²) in [7, 11) is 0. The van der Waals surface area contributed by atoms with E-state index >= 15 is 0 Å². The zero-order chi connectivity index (χ0) is 6.53. The Balaban J connectivity index is 2.48. The van der Waals surface area contributed by atoms with Gasteiger partial charge in [-0.2, -0.15) is 0 Å². The summed E-state index contributed by atoms with van der Waals surface area (Å²) in [5.74, 6) is 0. The van der Waals surface area contributed by atoms with Crippen molar-refractivity contribution in [1.29, 1.82) is 0 Å². The normalized spacial score (nSPS) is 10.8. The third-order valence-electron chi connectivity index (χ3n) is 1.09. The summed E-state index contributed by atoms with van der Waals surface area (Å²) in [6.07, 6.45) is 4.95. The highest BCUT2D eigenvalue weighted by atomic mass is 79.9. The minimum Gasteiger partial charge on any atom is -0.365 e. The first-order chi connectivity index (χ1) is 4.43. The number of hydrogen-bond donors (Lipinski definition) is 1. The molecule has 1 N–H and O–H groups in total. The van der Waals surface area contributed by atoms with Gasteiger partial charge in [0.05, 0.1) is 0 Å². The lowest BCUT2D eigenvalue weighted by atomic mass is 10.3. The molecule has 0 bridgehead atoms. The van der Waals surface area contributed by atoms with E-state index in [1.54, 1.807) is 0 Å². The van der Waals surface area contributed by atoms with E-state index in [9.17, 15) is 0 Å². The van der Waals surface area contributed by atoms with Gasteiger partial charge in [0.25, 0.3) is 0 Å². The summed E-state index contributed by atoms with van der Waals surface area (Å²) in [6, 6.07) is 4.06. The fraction of sp³-hybridized carbons (Fsp3) is 0.143. The van der Waals surface area contributed by atoms with Gasteiger partial charge in [-0.15, -0.1) is 0 Å². The van der Waals surface area contributed by atoms with Gasteiger partial charge >= 0.3 is 0 Å². The summed E-state index contributed by atoms with van der Waals surface area (Å²) in [5.41, 5.74) is 1.24. The molecule has 9 heavy (non-hydrogen) atoms. The molecule has 0 radical (unpaired) electrons. The molecule has 0 aromatic carbocycles. The Hall–Kier alpha value is -0.500. The first-order valence-corrected chi connectivity index (χ1v) is 3.72. The van der Waals surface area contributed by atoms with Gasteiger partial charge < -0.3 is 4.98 Å². The molecule has 0 saturated carbocycles. The molecule has 1 aromatic rings. The average Bonchev–Trinajstić information content (AvgIpc) is 2.34. The minimum absolute atomic E-state index is 0.970. The van der Waals surface area contributed by atoms with Gasteiger partial charge in [-0.1, -0.05) is 22.0 Å². The maximum Gasteiger partial charge on any atom is 0.0185 e. The van der Waals surface area contributed by atoms with Gasteiger partial charge in [0.2, 0.25) is 0 Å². The maximum absolute atomic E-state index is 3.20. The Morgan fingerprint density at radius 2 is 2.56 bits per heavy atom. The molecule has 0 atom stereocenters. The van der Waals surface area contributed by atoms with Crippen LogP contribution in [0.3, 0.4) is 0 Å². The number of allylic oxidation sites excluding steroid dienone is 1. The van der Waals surface area contributed by atoms with Crippen LogP contribution < -0.4 is 0 Å². The highest BCUT2D eigenvalue weighted by Crippen LogP contribution is 1.97. The summed E-state index contributed by atoms with van der Waals surface area (Å²) in [6.45, 7) is 0. The van der Waals surface area contributed by atoms with Crippen LogP contribution in [0.25, 0.3) is 0 Å². The molecule has 1 rings (SSSR count). The highest BCUT2D eigenvalue weighted by Gasteiger charge is 1.84. The molecule has 48 valence electrons. The molecular weight excluding hydrogens is 178 g/mol. The molecule has 0 aliphatic carbocycles. The van der Waals surface area contributed by atoms with Gasteiger partial charge in [-0.3, -0.25) is 0 Å². The molecule has 1 aromatic heterocycles. The van der Waals surface area contributed by atoms with Gasteiger partial charge in [0.1, 0.15) is 0 Å². The Kier molecular flexibility index (Phi) is 2.58. The first-order valence-electron chi connectivity index (χ1n) is 2.81. The van der Waals surface area contributed by atoms with Crippen LogP contribution in [0.2, 0.25) is 0 Å². The van der Waals surface area contributed by atoms with E-state index < -0.39 is 0 Å². The number of halogens is 1. The van der Waals surface area contributed by atoms with Gasteiger partial charge in [-0.05, 0) is 17.1 Å². The van der Waals surface area contributed by atoms with Crippen molar-refractivity contribution in [3.63, 3.8) is 0 Å². The van der Waals surface area contributed by atoms with E-state index in [4.69, 9.17) is 0 Å². The van der Waals surface area contributed by atoms with E-state index in [-0.39, 0.29) is 0 Å². The number of hydrogen-bond acceptors (Lipinski definition) is 0. The van der Waals surface area contributed by atoms with Crippen LogP contribution in [0.15, 0.2) is 29.4 Å². The lowest BCUT2D eigenvalue weighted by molar-refractivity contribution is 1.15. The number of aromatic nitrogens is 1. The topological polar surface area (TPSA) is 15.8 Å². The molecule has 1 heterocycles. The largest absolute Gasteiger partial charge is 0.365 e. The van der Waals surface area contributed by atoms with Crippen molar-refractivity contribution < 1.29 is 0 Å². The lowest BCUT2D eigenvalue weighted by Crippen LogP contribution is -1.76. The van der Waals surface area contributed by atoms with Crippen molar-refractivity contribution in [2.45, 2.75) is 6.42 Å². The monoisotopic (exact) mass is 185 g/mol. The van der Waals surface area contributed by atoms with E-state index in [1.165, 1.54) is 5.69 Å². The predicted molar refractivity (Wildman–Crippen MR) is 42.6 cm³/mol. The number of aromatic amines is 1. The van der Waals surface area contributed by atoms with Crippen LogP contribution in [-0.2, 0) is 6.42 Å². The van der Waals surface area contributed by atoms with Gasteiger partial charge in [0, 0.05) is 18.3 Å². The molecule has 0 spiro atoms.